The summed E-state index contributed by atoms with van der Waals surface area (Å²) < 4.78 is 6.61. The number of hydrogen-bond donors (Lipinski definition) is 2. The Bertz CT molecular complexity index is 550. The summed E-state index contributed by atoms with van der Waals surface area (Å²) in [5, 5.41) is 20.3. The van der Waals surface area contributed by atoms with E-state index in [2.05, 4.69) is 53.4 Å². The maximum atomic E-state index is 11.1. The second kappa shape index (κ2) is 7.54. The van der Waals surface area contributed by atoms with Crippen LogP contribution in [-0.2, 0) is 4.43 Å². The highest BCUT2D eigenvalue weighted by molar-refractivity contribution is 6.74. The van der Waals surface area contributed by atoms with Gasteiger partial charge in [0.25, 0.3) is 0 Å². The molecule has 0 aromatic rings. The van der Waals surface area contributed by atoms with Crippen molar-refractivity contribution < 1.29 is 14.6 Å². The van der Waals surface area contributed by atoms with Crippen LogP contribution in [0.1, 0.15) is 61.3 Å². The Labute approximate surface area is 155 Å². The number of aliphatic hydroxyl groups is 2. The number of rotatable bonds is 4. The second-order valence-corrected chi connectivity index (χ2v) is 14.6. The van der Waals surface area contributed by atoms with Gasteiger partial charge in [0.15, 0.2) is 8.32 Å². The fraction of sp³-hybridized carbons (Fsp3) is 0.762. The molecule has 2 atom stereocenters. The van der Waals surface area contributed by atoms with Crippen LogP contribution in [0.4, 0.5) is 0 Å². The van der Waals surface area contributed by atoms with Crippen LogP contribution in [-0.4, -0.2) is 36.8 Å². The fourth-order valence-corrected chi connectivity index (χ4v) is 4.79. The van der Waals surface area contributed by atoms with Gasteiger partial charge < -0.3 is 14.6 Å². The Morgan fingerprint density at radius 1 is 1.28 bits per heavy atom. The van der Waals surface area contributed by atoms with E-state index in [0.717, 1.165) is 17.6 Å². The molecule has 144 valence electrons. The van der Waals surface area contributed by atoms with Gasteiger partial charge in [0.2, 0.25) is 0 Å². The van der Waals surface area contributed by atoms with Crippen LogP contribution in [0.2, 0.25) is 18.1 Å². The molecule has 0 radical (unpaired) electrons. The molecule has 0 heterocycles. The number of aliphatic hydroxyl groups excluding tert-OH is 1. The predicted molar refractivity (Wildman–Crippen MR) is 108 cm³/mol. The van der Waals surface area contributed by atoms with Crippen molar-refractivity contribution >= 4 is 8.32 Å². The zero-order valence-corrected chi connectivity index (χ0v) is 18.7. The molecule has 2 N–H and O–H groups in total. The van der Waals surface area contributed by atoms with Gasteiger partial charge in [0, 0.05) is 18.1 Å². The van der Waals surface area contributed by atoms with Crippen LogP contribution in [0.15, 0.2) is 29.0 Å². The van der Waals surface area contributed by atoms with Gasteiger partial charge in [-0.15, -0.1) is 5.73 Å². The van der Waals surface area contributed by atoms with Crippen molar-refractivity contribution in [2.75, 3.05) is 6.61 Å². The average molecular weight is 367 g/mol. The molecular formula is C21H38O3Si. The van der Waals surface area contributed by atoms with Crippen molar-refractivity contribution in [3.8, 4) is 0 Å². The maximum absolute atomic E-state index is 11.1. The van der Waals surface area contributed by atoms with Crippen LogP contribution < -0.4 is 0 Å². The van der Waals surface area contributed by atoms with E-state index in [1.165, 1.54) is 0 Å². The van der Waals surface area contributed by atoms with Crippen LogP contribution in [0, 0.1) is 5.41 Å². The summed E-state index contributed by atoms with van der Waals surface area (Å²) in [6, 6.07) is 0. The molecule has 0 saturated heterocycles. The van der Waals surface area contributed by atoms with Gasteiger partial charge in [-0.25, -0.2) is 0 Å². The van der Waals surface area contributed by atoms with Gasteiger partial charge in [0.1, 0.15) is 0 Å². The van der Waals surface area contributed by atoms with Crippen molar-refractivity contribution in [3.05, 3.63) is 29.0 Å². The van der Waals surface area contributed by atoms with Crippen molar-refractivity contribution in [1.29, 1.82) is 0 Å². The third kappa shape index (κ3) is 5.67. The Morgan fingerprint density at radius 2 is 1.84 bits per heavy atom. The van der Waals surface area contributed by atoms with E-state index in [0.29, 0.717) is 6.42 Å². The lowest BCUT2D eigenvalue weighted by molar-refractivity contribution is -0.0218. The third-order valence-corrected chi connectivity index (χ3v) is 10.2. The highest BCUT2D eigenvalue weighted by atomic mass is 28.4. The molecule has 1 saturated carbocycles. The number of allylic oxidation sites excluding steroid dienone is 1. The van der Waals surface area contributed by atoms with E-state index in [9.17, 15) is 5.11 Å². The maximum Gasteiger partial charge on any atom is 0.192 e. The zero-order chi connectivity index (χ0) is 19.7. The summed E-state index contributed by atoms with van der Waals surface area (Å²) in [7, 11) is -1.87. The van der Waals surface area contributed by atoms with Gasteiger partial charge in [-0.1, -0.05) is 40.7 Å². The van der Waals surface area contributed by atoms with Gasteiger partial charge in [-0.3, -0.25) is 0 Å². The van der Waals surface area contributed by atoms with Gasteiger partial charge >= 0.3 is 0 Å². The third-order valence-electron chi connectivity index (χ3n) is 5.70. The first kappa shape index (κ1) is 22.4. The molecule has 1 fully saturated rings. The van der Waals surface area contributed by atoms with Crippen molar-refractivity contribution in [3.63, 3.8) is 0 Å². The molecule has 0 aliphatic heterocycles. The van der Waals surface area contributed by atoms with Crippen molar-refractivity contribution in [2.24, 2.45) is 5.41 Å². The van der Waals surface area contributed by atoms with E-state index in [4.69, 9.17) is 9.53 Å². The summed E-state index contributed by atoms with van der Waals surface area (Å²) in [5.74, 6) is 0. The molecule has 0 aromatic carbocycles. The molecule has 0 bridgehead atoms. The summed E-state index contributed by atoms with van der Waals surface area (Å²) in [6.45, 7) is 19.4. The molecule has 0 amide bonds. The van der Waals surface area contributed by atoms with E-state index >= 15 is 0 Å². The summed E-state index contributed by atoms with van der Waals surface area (Å²) in [4.78, 5) is 0. The molecule has 4 heteroatoms. The van der Waals surface area contributed by atoms with E-state index in [1.807, 2.05) is 19.9 Å². The largest absolute Gasteiger partial charge is 0.414 e. The first-order valence-corrected chi connectivity index (χ1v) is 12.2. The summed E-state index contributed by atoms with van der Waals surface area (Å²) >= 11 is 0. The minimum atomic E-state index is -1.87. The highest BCUT2D eigenvalue weighted by Gasteiger charge is 2.48. The minimum absolute atomic E-state index is 0.0154. The minimum Gasteiger partial charge on any atom is -0.414 e. The fourth-order valence-electron chi connectivity index (χ4n) is 3.43. The van der Waals surface area contributed by atoms with Gasteiger partial charge in [-0.2, -0.15) is 0 Å². The Balaban J connectivity index is 3.15. The van der Waals surface area contributed by atoms with Gasteiger partial charge in [0.05, 0.1) is 12.2 Å². The Hall–Kier alpha value is -0.643. The average Bonchev–Trinajstić information content (AvgIpc) is 2.33. The molecule has 25 heavy (non-hydrogen) atoms. The van der Waals surface area contributed by atoms with Crippen LogP contribution in [0.3, 0.4) is 0 Å². The monoisotopic (exact) mass is 366 g/mol. The van der Waals surface area contributed by atoms with Crippen LogP contribution in [0.25, 0.3) is 0 Å². The van der Waals surface area contributed by atoms with E-state index < -0.39 is 13.9 Å². The zero-order valence-electron chi connectivity index (χ0n) is 17.7. The smallest absolute Gasteiger partial charge is 0.192 e. The van der Waals surface area contributed by atoms with E-state index in [1.54, 1.807) is 6.08 Å². The topological polar surface area (TPSA) is 49.7 Å². The van der Waals surface area contributed by atoms with Crippen LogP contribution >= 0.6 is 0 Å². The molecule has 1 aliphatic carbocycles. The van der Waals surface area contributed by atoms with Crippen molar-refractivity contribution in [1.82, 2.24) is 0 Å². The molecule has 1 rings (SSSR count). The number of hydrogen-bond acceptors (Lipinski definition) is 3. The Kier molecular flexibility index (Phi) is 6.75. The lowest BCUT2D eigenvalue weighted by Gasteiger charge is -2.48. The standard InChI is InChI=1S/C21H38O3Si/c1-16(12-13-22)10-11-18-20(5,6)14-17(15-21(18,7)23)24-25(8,9)19(2,3)4/h10,12,17,22-23H,13-15H2,1-9H3/b16-12+/t11?,17-,21+/m0/s1. The molecule has 3 nitrogen and oxygen atoms in total. The summed E-state index contributed by atoms with van der Waals surface area (Å²) in [5.41, 5.74) is 4.05. The highest BCUT2D eigenvalue weighted by Crippen LogP contribution is 2.48. The molecular weight excluding hydrogens is 328 g/mol. The molecule has 1 aliphatic rings. The first-order chi connectivity index (χ1) is 11.1. The molecule has 0 aromatic heterocycles. The van der Waals surface area contributed by atoms with Crippen LogP contribution in [0.5, 0.6) is 0 Å². The lowest BCUT2D eigenvalue weighted by Crippen LogP contribution is -2.51. The lowest BCUT2D eigenvalue weighted by atomic mass is 9.65. The second-order valence-electron chi connectivity index (χ2n) is 9.86. The molecule has 0 unspecified atom stereocenters. The first-order valence-electron chi connectivity index (χ1n) is 9.28. The SMILES string of the molecule is C/C(C=C=C1C(C)(C)C[C@H](O[Si](C)(C)C(C)(C)C)C[C@@]1(C)O)=C\CO. The van der Waals surface area contributed by atoms with Gasteiger partial charge in [-0.05, 0) is 55.5 Å². The molecule has 0 spiro atoms. The quantitative estimate of drug-likeness (QED) is 0.420. The normalized spacial score (nSPS) is 27.9. The van der Waals surface area contributed by atoms with Crippen molar-refractivity contribution in [2.45, 2.75) is 91.1 Å². The van der Waals surface area contributed by atoms with E-state index in [-0.39, 0.29) is 23.2 Å². The summed E-state index contributed by atoms with van der Waals surface area (Å²) in [6.07, 6.45) is 5.14. The Morgan fingerprint density at radius 3 is 2.28 bits per heavy atom. The predicted octanol–water partition coefficient (Wildman–Crippen LogP) is 4.97.